The number of carbonyl (C=O) groups excluding carboxylic acids is 3. The van der Waals surface area contributed by atoms with E-state index in [4.69, 9.17) is 4.84 Å². The number of imide groups is 1. The van der Waals surface area contributed by atoms with Crippen molar-refractivity contribution in [1.82, 2.24) is 14.4 Å². The van der Waals surface area contributed by atoms with E-state index in [-0.39, 0.29) is 16.7 Å². The molecule has 23 heavy (non-hydrogen) atoms. The van der Waals surface area contributed by atoms with Crippen molar-refractivity contribution in [1.29, 1.82) is 0 Å². The molecule has 0 atom stereocenters. The van der Waals surface area contributed by atoms with Crippen LogP contribution < -0.4 is 0 Å². The third-order valence-corrected chi connectivity index (χ3v) is 3.57. The Hall–Kier alpha value is -3.48. The van der Waals surface area contributed by atoms with Gasteiger partial charge in [-0.05, 0) is 24.3 Å². The van der Waals surface area contributed by atoms with Gasteiger partial charge in [0.2, 0.25) is 0 Å². The van der Waals surface area contributed by atoms with Crippen molar-refractivity contribution >= 4 is 23.4 Å². The minimum absolute atomic E-state index is 0.169. The topological polar surface area (TPSA) is 81.0 Å². The van der Waals surface area contributed by atoms with Gasteiger partial charge in [0.05, 0.1) is 11.1 Å². The highest BCUT2D eigenvalue weighted by atomic mass is 16.7. The fourth-order valence-corrected chi connectivity index (χ4v) is 2.48. The number of rotatable bonds is 2. The molecule has 0 saturated carbocycles. The Labute approximate surface area is 129 Å². The SMILES string of the molecule is O=C(ON1C(=O)c2ccccc2C1=O)c1ccn2cccnc12. The van der Waals surface area contributed by atoms with E-state index in [9.17, 15) is 14.4 Å². The number of hydrogen-bond donors (Lipinski definition) is 0. The summed E-state index contributed by atoms with van der Waals surface area (Å²) in [5.74, 6) is -2.13. The molecule has 0 radical (unpaired) electrons. The minimum Gasteiger partial charge on any atom is -0.324 e. The van der Waals surface area contributed by atoms with Crippen LogP contribution in [0.2, 0.25) is 0 Å². The molecule has 7 nitrogen and oxygen atoms in total. The maximum atomic E-state index is 12.3. The maximum absolute atomic E-state index is 12.3. The smallest absolute Gasteiger partial charge is 0.324 e. The summed E-state index contributed by atoms with van der Waals surface area (Å²) in [7, 11) is 0. The van der Waals surface area contributed by atoms with Gasteiger partial charge < -0.3 is 9.24 Å². The molecule has 3 aromatic rings. The molecule has 3 heterocycles. The van der Waals surface area contributed by atoms with E-state index in [1.807, 2.05) is 0 Å². The molecule has 1 aromatic carbocycles. The fourth-order valence-electron chi connectivity index (χ4n) is 2.48. The van der Waals surface area contributed by atoms with Gasteiger partial charge in [-0.2, -0.15) is 0 Å². The van der Waals surface area contributed by atoms with E-state index >= 15 is 0 Å². The summed E-state index contributed by atoms with van der Waals surface area (Å²) in [6, 6.07) is 9.54. The molecule has 7 heteroatoms. The largest absolute Gasteiger partial charge is 0.367 e. The highest BCUT2D eigenvalue weighted by Gasteiger charge is 2.39. The Kier molecular flexibility index (Phi) is 2.74. The van der Waals surface area contributed by atoms with Crippen LogP contribution in [0.25, 0.3) is 5.65 Å². The van der Waals surface area contributed by atoms with Crippen LogP contribution in [0, 0.1) is 0 Å². The minimum atomic E-state index is -0.819. The molecular formula is C16H9N3O4. The zero-order valence-electron chi connectivity index (χ0n) is 11.7. The summed E-state index contributed by atoms with van der Waals surface area (Å²) in [5.41, 5.74) is 0.978. The standard InChI is InChI=1S/C16H9N3O4/c20-14-10-4-1-2-5-11(10)15(21)19(14)23-16(22)12-6-9-18-8-3-7-17-13(12)18/h1-9H. The summed E-state index contributed by atoms with van der Waals surface area (Å²) >= 11 is 0. The third kappa shape index (κ3) is 1.90. The Morgan fingerprint density at radius 1 is 0.957 bits per heavy atom. The monoisotopic (exact) mass is 307 g/mol. The molecule has 0 spiro atoms. The van der Waals surface area contributed by atoms with Crippen LogP contribution in [0.1, 0.15) is 31.1 Å². The van der Waals surface area contributed by atoms with Crippen LogP contribution in [-0.2, 0) is 4.84 Å². The van der Waals surface area contributed by atoms with Gasteiger partial charge in [0.15, 0.2) is 5.65 Å². The Morgan fingerprint density at radius 3 is 2.35 bits per heavy atom. The molecule has 2 aromatic heterocycles. The zero-order valence-corrected chi connectivity index (χ0v) is 11.7. The van der Waals surface area contributed by atoms with Crippen molar-refractivity contribution in [2.75, 3.05) is 0 Å². The van der Waals surface area contributed by atoms with Gasteiger partial charge >= 0.3 is 5.97 Å². The number of amides is 2. The number of benzene rings is 1. The van der Waals surface area contributed by atoms with Gasteiger partial charge in [0, 0.05) is 18.6 Å². The van der Waals surface area contributed by atoms with E-state index in [1.54, 1.807) is 35.0 Å². The molecule has 2 amide bonds. The Bertz CT molecular complexity index is 941. The van der Waals surface area contributed by atoms with Crippen molar-refractivity contribution in [3.05, 3.63) is 71.7 Å². The van der Waals surface area contributed by atoms with Gasteiger partial charge in [-0.25, -0.2) is 9.78 Å². The maximum Gasteiger partial charge on any atom is 0.367 e. The number of carbonyl (C=O) groups is 3. The summed E-state index contributed by atoms with van der Waals surface area (Å²) in [5, 5.41) is 0.486. The van der Waals surface area contributed by atoms with Crippen molar-refractivity contribution in [2.45, 2.75) is 0 Å². The van der Waals surface area contributed by atoms with Crippen molar-refractivity contribution < 1.29 is 19.2 Å². The van der Waals surface area contributed by atoms with Gasteiger partial charge in [0.25, 0.3) is 11.8 Å². The summed E-state index contributed by atoms with van der Waals surface area (Å²) in [6.07, 6.45) is 4.90. The second-order valence-electron chi connectivity index (χ2n) is 4.91. The van der Waals surface area contributed by atoms with Crippen LogP contribution in [-0.4, -0.2) is 32.2 Å². The Balaban J connectivity index is 1.65. The lowest BCUT2D eigenvalue weighted by Crippen LogP contribution is -2.32. The number of hydrogen-bond acceptors (Lipinski definition) is 5. The van der Waals surface area contributed by atoms with Gasteiger partial charge in [-0.3, -0.25) is 9.59 Å². The normalized spacial score (nSPS) is 13.5. The van der Waals surface area contributed by atoms with Crippen LogP contribution in [0.3, 0.4) is 0 Å². The highest BCUT2D eigenvalue weighted by molar-refractivity contribution is 6.21. The third-order valence-electron chi connectivity index (χ3n) is 3.57. The first-order valence-corrected chi connectivity index (χ1v) is 6.78. The lowest BCUT2D eigenvalue weighted by atomic mass is 10.1. The molecule has 0 N–H and O–H groups in total. The van der Waals surface area contributed by atoms with E-state index < -0.39 is 17.8 Å². The van der Waals surface area contributed by atoms with Crippen molar-refractivity contribution in [3.63, 3.8) is 0 Å². The predicted octanol–water partition coefficient (Wildman–Crippen LogP) is 1.70. The molecule has 0 aliphatic carbocycles. The molecule has 1 aliphatic heterocycles. The molecule has 112 valence electrons. The van der Waals surface area contributed by atoms with Crippen LogP contribution in [0.5, 0.6) is 0 Å². The lowest BCUT2D eigenvalue weighted by Gasteiger charge is -2.12. The first-order valence-electron chi connectivity index (χ1n) is 6.78. The van der Waals surface area contributed by atoms with Gasteiger partial charge in [-0.15, -0.1) is 0 Å². The molecular weight excluding hydrogens is 298 g/mol. The quantitative estimate of drug-likeness (QED) is 0.673. The first-order chi connectivity index (χ1) is 11.2. The second-order valence-corrected chi connectivity index (χ2v) is 4.91. The average molecular weight is 307 g/mol. The van der Waals surface area contributed by atoms with E-state index in [0.717, 1.165) is 0 Å². The zero-order chi connectivity index (χ0) is 16.0. The predicted molar refractivity (Wildman–Crippen MR) is 77.5 cm³/mol. The number of hydroxylamine groups is 2. The molecule has 1 aliphatic rings. The first kappa shape index (κ1) is 13.2. The van der Waals surface area contributed by atoms with Crippen LogP contribution in [0.4, 0.5) is 0 Å². The molecule has 0 fully saturated rings. The lowest BCUT2D eigenvalue weighted by molar-refractivity contribution is -0.0583. The average Bonchev–Trinajstić information content (AvgIpc) is 3.11. The molecule has 0 bridgehead atoms. The number of aromatic nitrogens is 2. The van der Waals surface area contributed by atoms with Crippen LogP contribution in [0.15, 0.2) is 55.0 Å². The van der Waals surface area contributed by atoms with E-state index in [1.165, 1.54) is 24.4 Å². The summed E-state index contributed by atoms with van der Waals surface area (Å²) in [6.45, 7) is 0. The molecule has 0 saturated heterocycles. The Morgan fingerprint density at radius 2 is 1.65 bits per heavy atom. The fraction of sp³-hybridized carbons (Fsp3) is 0. The summed E-state index contributed by atoms with van der Waals surface area (Å²) < 4.78 is 1.64. The van der Waals surface area contributed by atoms with Gasteiger partial charge in [0.1, 0.15) is 5.56 Å². The number of fused-ring (bicyclic) bond motifs is 2. The van der Waals surface area contributed by atoms with E-state index in [2.05, 4.69) is 4.98 Å². The highest BCUT2D eigenvalue weighted by Crippen LogP contribution is 2.23. The van der Waals surface area contributed by atoms with Gasteiger partial charge in [-0.1, -0.05) is 17.2 Å². The number of nitrogens with zero attached hydrogens (tertiary/aromatic N) is 3. The van der Waals surface area contributed by atoms with Crippen molar-refractivity contribution in [3.8, 4) is 0 Å². The molecule has 0 unspecified atom stereocenters. The molecule has 4 rings (SSSR count). The summed E-state index contributed by atoms with van der Waals surface area (Å²) in [4.78, 5) is 45.8. The second kappa shape index (κ2) is 4.77. The van der Waals surface area contributed by atoms with Crippen LogP contribution >= 0.6 is 0 Å². The van der Waals surface area contributed by atoms with Crippen molar-refractivity contribution in [2.24, 2.45) is 0 Å². The van der Waals surface area contributed by atoms with E-state index in [0.29, 0.717) is 10.7 Å².